The SMILES string of the molecule is COc1ccc(CN=C(N)NCc2ccccc2-n2ccnc2)cc1OC. The molecular weight excluding hydrogens is 342 g/mol. The first-order chi connectivity index (χ1) is 13.2. The van der Waals surface area contributed by atoms with Crippen molar-refractivity contribution in [3.8, 4) is 17.2 Å². The number of aliphatic imine (C=N–C) groups is 1. The Bertz CT molecular complexity index is 906. The molecule has 3 aromatic rings. The molecule has 0 aliphatic rings. The van der Waals surface area contributed by atoms with Crippen LogP contribution in [0, 0.1) is 0 Å². The molecule has 1 aromatic heterocycles. The van der Waals surface area contributed by atoms with E-state index in [1.807, 2.05) is 53.2 Å². The second-order valence-electron chi connectivity index (χ2n) is 5.84. The molecule has 0 amide bonds. The standard InChI is InChI=1S/C20H23N5O2/c1-26-18-8-7-15(11-19(18)27-2)12-23-20(21)24-13-16-5-3-4-6-17(16)25-10-9-22-14-25/h3-11,14H,12-13H2,1-2H3,(H3,21,23,24). The van der Waals surface area contributed by atoms with Crippen LogP contribution in [0.25, 0.3) is 5.69 Å². The van der Waals surface area contributed by atoms with Gasteiger partial charge in [-0.3, -0.25) is 0 Å². The van der Waals surface area contributed by atoms with Gasteiger partial charge in [-0.2, -0.15) is 0 Å². The molecule has 0 aliphatic heterocycles. The third-order valence-corrected chi connectivity index (χ3v) is 4.11. The molecule has 0 radical (unpaired) electrons. The summed E-state index contributed by atoms with van der Waals surface area (Å²) in [5, 5.41) is 3.16. The van der Waals surface area contributed by atoms with Gasteiger partial charge < -0.3 is 25.1 Å². The smallest absolute Gasteiger partial charge is 0.189 e. The largest absolute Gasteiger partial charge is 0.493 e. The molecular formula is C20H23N5O2. The van der Waals surface area contributed by atoms with Crippen LogP contribution in [0.4, 0.5) is 0 Å². The molecule has 0 unspecified atom stereocenters. The first-order valence-corrected chi connectivity index (χ1v) is 8.52. The topological polar surface area (TPSA) is 86.7 Å². The monoisotopic (exact) mass is 365 g/mol. The van der Waals surface area contributed by atoms with E-state index in [0.717, 1.165) is 16.8 Å². The number of nitrogens with two attached hydrogens (primary N) is 1. The fourth-order valence-corrected chi connectivity index (χ4v) is 2.71. The van der Waals surface area contributed by atoms with Crippen LogP contribution in [-0.4, -0.2) is 29.7 Å². The summed E-state index contributed by atoms with van der Waals surface area (Å²) < 4.78 is 12.5. The van der Waals surface area contributed by atoms with Crippen molar-refractivity contribution in [2.24, 2.45) is 10.7 Å². The zero-order chi connectivity index (χ0) is 19.1. The first-order valence-electron chi connectivity index (χ1n) is 8.52. The molecule has 0 bridgehead atoms. The minimum atomic E-state index is 0.380. The Hall–Kier alpha value is -3.48. The van der Waals surface area contributed by atoms with Crippen molar-refractivity contribution in [2.45, 2.75) is 13.1 Å². The lowest BCUT2D eigenvalue weighted by atomic mass is 10.1. The van der Waals surface area contributed by atoms with Gasteiger partial charge in [0.1, 0.15) is 0 Å². The molecule has 27 heavy (non-hydrogen) atoms. The van der Waals surface area contributed by atoms with Crippen LogP contribution in [0.15, 0.2) is 66.2 Å². The maximum atomic E-state index is 6.03. The predicted octanol–water partition coefficient (Wildman–Crippen LogP) is 2.49. The zero-order valence-corrected chi connectivity index (χ0v) is 15.4. The molecule has 1 heterocycles. The van der Waals surface area contributed by atoms with Crippen molar-refractivity contribution in [2.75, 3.05) is 14.2 Å². The van der Waals surface area contributed by atoms with Gasteiger partial charge in [0.25, 0.3) is 0 Å². The number of imidazole rings is 1. The maximum absolute atomic E-state index is 6.03. The van der Waals surface area contributed by atoms with Crippen molar-refractivity contribution in [1.29, 1.82) is 0 Å². The normalized spacial score (nSPS) is 11.3. The highest BCUT2D eigenvalue weighted by Crippen LogP contribution is 2.27. The lowest BCUT2D eigenvalue weighted by molar-refractivity contribution is 0.354. The maximum Gasteiger partial charge on any atom is 0.189 e. The Balaban J connectivity index is 1.64. The fourth-order valence-electron chi connectivity index (χ4n) is 2.71. The Morgan fingerprint density at radius 2 is 1.96 bits per heavy atom. The molecule has 7 heteroatoms. The molecule has 3 N–H and O–H groups in total. The van der Waals surface area contributed by atoms with Gasteiger partial charge in [-0.05, 0) is 29.3 Å². The average molecular weight is 365 g/mol. The molecule has 7 nitrogen and oxygen atoms in total. The lowest BCUT2D eigenvalue weighted by Crippen LogP contribution is -2.31. The third kappa shape index (κ3) is 4.58. The molecule has 0 atom stereocenters. The average Bonchev–Trinajstić information content (AvgIpc) is 3.25. The number of hydrogen-bond donors (Lipinski definition) is 2. The van der Waals surface area contributed by atoms with E-state index >= 15 is 0 Å². The van der Waals surface area contributed by atoms with E-state index in [1.165, 1.54) is 0 Å². The van der Waals surface area contributed by atoms with Crippen LogP contribution < -0.4 is 20.5 Å². The summed E-state index contributed by atoms with van der Waals surface area (Å²) >= 11 is 0. The second kappa shape index (κ2) is 8.75. The molecule has 0 spiro atoms. The number of benzene rings is 2. The molecule has 140 valence electrons. The fraction of sp³-hybridized carbons (Fsp3) is 0.200. The summed E-state index contributed by atoms with van der Waals surface area (Å²) in [5.74, 6) is 1.74. The van der Waals surface area contributed by atoms with Gasteiger partial charge >= 0.3 is 0 Å². The summed E-state index contributed by atoms with van der Waals surface area (Å²) in [6.45, 7) is 1.01. The summed E-state index contributed by atoms with van der Waals surface area (Å²) in [6, 6.07) is 13.8. The number of methoxy groups -OCH3 is 2. The second-order valence-corrected chi connectivity index (χ2v) is 5.84. The Morgan fingerprint density at radius 3 is 2.70 bits per heavy atom. The van der Waals surface area contributed by atoms with Crippen molar-refractivity contribution in [1.82, 2.24) is 14.9 Å². The number of hydrogen-bond acceptors (Lipinski definition) is 4. The summed E-state index contributed by atoms with van der Waals surface area (Å²) in [5.41, 5.74) is 9.16. The van der Waals surface area contributed by atoms with E-state index in [0.29, 0.717) is 30.5 Å². The number of para-hydroxylation sites is 1. The van der Waals surface area contributed by atoms with E-state index < -0.39 is 0 Å². The Kier molecular flexibility index (Phi) is 5.94. The highest BCUT2D eigenvalue weighted by Gasteiger charge is 2.06. The number of nitrogens with zero attached hydrogens (tertiary/aromatic N) is 3. The van der Waals surface area contributed by atoms with Gasteiger partial charge in [0.15, 0.2) is 17.5 Å². The number of ether oxygens (including phenoxy) is 2. The summed E-state index contributed by atoms with van der Waals surface area (Å²) in [6.07, 6.45) is 5.43. The molecule has 3 rings (SSSR count). The van der Waals surface area contributed by atoms with E-state index in [2.05, 4.69) is 15.3 Å². The van der Waals surface area contributed by atoms with Gasteiger partial charge in [0.05, 0.1) is 32.8 Å². The van der Waals surface area contributed by atoms with Crippen molar-refractivity contribution >= 4 is 5.96 Å². The van der Waals surface area contributed by atoms with Gasteiger partial charge in [-0.1, -0.05) is 24.3 Å². The highest BCUT2D eigenvalue weighted by atomic mass is 16.5. The van der Waals surface area contributed by atoms with Crippen molar-refractivity contribution in [3.05, 3.63) is 72.3 Å². The minimum Gasteiger partial charge on any atom is -0.493 e. The summed E-state index contributed by atoms with van der Waals surface area (Å²) in [4.78, 5) is 8.50. The Morgan fingerprint density at radius 1 is 1.15 bits per heavy atom. The van der Waals surface area contributed by atoms with Crippen LogP contribution in [-0.2, 0) is 13.1 Å². The number of guanidine groups is 1. The number of aromatic nitrogens is 2. The number of nitrogens with one attached hydrogen (secondary N) is 1. The van der Waals surface area contributed by atoms with Gasteiger partial charge in [0.2, 0.25) is 0 Å². The van der Waals surface area contributed by atoms with Crippen LogP contribution in [0.5, 0.6) is 11.5 Å². The van der Waals surface area contributed by atoms with Crippen LogP contribution in [0.3, 0.4) is 0 Å². The first kappa shape index (κ1) is 18.3. The van der Waals surface area contributed by atoms with E-state index in [4.69, 9.17) is 15.2 Å². The van der Waals surface area contributed by atoms with Gasteiger partial charge in [-0.25, -0.2) is 9.98 Å². The number of rotatable bonds is 7. The minimum absolute atomic E-state index is 0.380. The van der Waals surface area contributed by atoms with Crippen LogP contribution in [0.2, 0.25) is 0 Å². The van der Waals surface area contributed by atoms with Crippen molar-refractivity contribution < 1.29 is 9.47 Å². The molecule has 0 saturated heterocycles. The zero-order valence-electron chi connectivity index (χ0n) is 15.4. The molecule has 0 saturated carbocycles. The van der Waals surface area contributed by atoms with Crippen molar-refractivity contribution in [3.63, 3.8) is 0 Å². The molecule has 0 fully saturated rings. The van der Waals surface area contributed by atoms with Gasteiger partial charge in [-0.15, -0.1) is 0 Å². The predicted molar refractivity (Wildman–Crippen MR) is 105 cm³/mol. The van der Waals surface area contributed by atoms with E-state index in [-0.39, 0.29) is 0 Å². The van der Waals surface area contributed by atoms with Gasteiger partial charge in [0, 0.05) is 18.9 Å². The third-order valence-electron chi connectivity index (χ3n) is 4.11. The summed E-state index contributed by atoms with van der Waals surface area (Å²) in [7, 11) is 3.22. The lowest BCUT2D eigenvalue weighted by Gasteiger charge is -2.12. The van der Waals surface area contributed by atoms with Crippen LogP contribution in [0.1, 0.15) is 11.1 Å². The quantitative estimate of drug-likeness (QED) is 0.496. The molecule has 0 aliphatic carbocycles. The van der Waals surface area contributed by atoms with Crippen LogP contribution >= 0.6 is 0 Å². The Labute approximate surface area is 158 Å². The highest BCUT2D eigenvalue weighted by molar-refractivity contribution is 5.77. The molecule has 2 aromatic carbocycles. The van der Waals surface area contributed by atoms with E-state index in [1.54, 1.807) is 26.7 Å². The van der Waals surface area contributed by atoms with E-state index in [9.17, 15) is 0 Å².